The normalized spacial score (nSPS) is 13.7. The van der Waals surface area contributed by atoms with E-state index in [0.29, 0.717) is 30.4 Å². The Hall–Kier alpha value is -2.28. The van der Waals surface area contributed by atoms with Crippen molar-refractivity contribution in [3.8, 4) is 11.5 Å². The van der Waals surface area contributed by atoms with Gasteiger partial charge in [-0.15, -0.1) is 0 Å². The molecular weight excluding hydrogens is 321 g/mol. The lowest BCUT2D eigenvalue weighted by molar-refractivity contribution is 0.171. The van der Waals surface area contributed by atoms with Gasteiger partial charge in [-0.25, -0.2) is 12.8 Å². The summed E-state index contributed by atoms with van der Waals surface area (Å²) in [5.74, 6) is 0.653. The topological polar surface area (TPSA) is 55.8 Å². The summed E-state index contributed by atoms with van der Waals surface area (Å²) in [5.41, 5.74) is 0.720. The predicted molar refractivity (Wildman–Crippen MR) is 84.2 cm³/mol. The number of hydrogen-bond donors (Lipinski definition) is 0. The Morgan fingerprint density at radius 1 is 1.04 bits per heavy atom. The molecule has 0 N–H and O–H groups in total. The van der Waals surface area contributed by atoms with Crippen LogP contribution in [0.1, 0.15) is 5.56 Å². The molecule has 0 saturated carbocycles. The molecule has 1 heterocycles. The van der Waals surface area contributed by atoms with Gasteiger partial charge in [-0.1, -0.05) is 0 Å². The van der Waals surface area contributed by atoms with Crippen molar-refractivity contribution in [2.24, 2.45) is 0 Å². The van der Waals surface area contributed by atoms with E-state index < -0.39 is 15.8 Å². The van der Waals surface area contributed by atoms with Crippen LogP contribution >= 0.6 is 0 Å². The van der Waals surface area contributed by atoms with E-state index in [1.165, 1.54) is 26.1 Å². The molecule has 0 radical (unpaired) electrons. The first-order chi connectivity index (χ1) is 10.9. The van der Waals surface area contributed by atoms with Gasteiger partial charge in [0, 0.05) is 13.1 Å². The third kappa shape index (κ3) is 2.84. The molecule has 0 aromatic heterocycles. The average molecular weight is 337 g/mol. The van der Waals surface area contributed by atoms with Crippen LogP contribution in [-0.4, -0.2) is 28.7 Å². The van der Waals surface area contributed by atoms with E-state index in [1.54, 1.807) is 18.2 Å². The summed E-state index contributed by atoms with van der Waals surface area (Å²) in [6.45, 7) is 2.41. The van der Waals surface area contributed by atoms with Crippen LogP contribution in [0.25, 0.3) is 0 Å². The van der Waals surface area contributed by atoms with Gasteiger partial charge in [0.25, 0.3) is 10.0 Å². The molecule has 1 aliphatic rings. The Balaban J connectivity index is 1.98. The van der Waals surface area contributed by atoms with Gasteiger partial charge in [-0.2, -0.15) is 0 Å². The molecular formula is C16H16FNO4S. The molecule has 1 aliphatic heterocycles. The number of halogens is 1. The molecule has 23 heavy (non-hydrogen) atoms. The Morgan fingerprint density at radius 2 is 1.74 bits per heavy atom. The molecule has 0 amide bonds. The number of nitrogens with zero attached hydrogens (tertiary/aromatic N) is 1. The van der Waals surface area contributed by atoms with Crippen molar-refractivity contribution in [3.63, 3.8) is 0 Å². The summed E-state index contributed by atoms with van der Waals surface area (Å²) < 4.78 is 50.8. The second-order valence-electron chi connectivity index (χ2n) is 5.21. The van der Waals surface area contributed by atoms with Crippen LogP contribution in [0.4, 0.5) is 10.1 Å². The number of rotatable bonds is 3. The first kappa shape index (κ1) is 15.6. The number of sulfonamides is 1. The molecule has 0 spiro atoms. The Morgan fingerprint density at radius 3 is 2.43 bits per heavy atom. The fourth-order valence-electron chi connectivity index (χ4n) is 2.30. The van der Waals surface area contributed by atoms with Crippen molar-refractivity contribution in [1.82, 2.24) is 0 Å². The minimum Gasteiger partial charge on any atom is -0.486 e. The van der Waals surface area contributed by atoms with Crippen molar-refractivity contribution in [3.05, 3.63) is 47.8 Å². The molecule has 2 aromatic carbocycles. The van der Waals surface area contributed by atoms with Gasteiger partial charge >= 0.3 is 0 Å². The lowest BCUT2D eigenvalue weighted by Crippen LogP contribution is -2.27. The van der Waals surface area contributed by atoms with Crippen LogP contribution in [0, 0.1) is 12.7 Å². The standard InChI is InChI=1S/C16H16FNO4S/c1-11-9-13(4-5-14(11)17)23(19,20)18(2)12-3-6-15-16(10-12)22-8-7-21-15/h3-6,9-10H,7-8H2,1-2H3. The van der Waals surface area contributed by atoms with Crippen molar-refractivity contribution in [2.45, 2.75) is 11.8 Å². The van der Waals surface area contributed by atoms with E-state index in [4.69, 9.17) is 9.47 Å². The first-order valence-electron chi connectivity index (χ1n) is 7.04. The summed E-state index contributed by atoms with van der Waals surface area (Å²) in [4.78, 5) is 0.0359. The maximum atomic E-state index is 13.4. The summed E-state index contributed by atoms with van der Waals surface area (Å²) in [5, 5.41) is 0. The molecule has 5 nitrogen and oxygen atoms in total. The van der Waals surface area contributed by atoms with Gasteiger partial charge in [0.1, 0.15) is 19.0 Å². The summed E-state index contributed by atoms with van der Waals surface area (Å²) in [6, 6.07) is 8.65. The number of ether oxygens (including phenoxy) is 2. The highest BCUT2D eigenvalue weighted by molar-refractivity contribution is 7.92. The second-order valence-corrected chi connectivity index (χ2v) is 7.18. The monoisotopic (exact) mass is 337 g/mol. The summed E-state index contributed by atoms with van der Waals surface area (Å²) in [6.07, 6.45) is 0. The van der Waals surface area contributed by atoms with Crippen molar-refractivity contribution in [2.75, 3.05) is 24.6 Å². The zero-order valence-corrected chi connectivity index (χ0v) is 13.6. The van der Waals surface area contributed by atoms with E-state index in [0.717, 1.165) is 10.4 Å². The largest absolute Gasteiger partial charge is 0.486 e. The third-order valence-corrected chi connectivity index (χ3v) is 5.46. The van der Waals surface area contributed by atoms with Gasteiger partial charge < -0.3 is 9.47 Å². The Kier molecular flexibility index (Phi) is 3.89. The molecule has 0 aliphatic carbocycles. The van der Waals surface area contributed by atoms with Gasteiger partial charge in [0.2, 0.25) is 0 Å². The minimum absolute atomic E-state index is 0.0359. The summed E-state index contributed by atoms with van der Waals surface area (Å²) >= 11 is 0. The third-order valence-electron chi connectivity index (χ3n) is 3.68. The SMILES string of the molecule is Cc1cc(S(=O)(=O)N(C)c2ccc3c(c2)OCCO3)ccc1F. The fraction of sp³-hybridized carbons (Fsp3) is 0.250. The van der Waals surface area contributed by atoms with E-state index in [1.807, 2.05) is 0 Å². The average Bonchev–Trinajstić information content (AvgIpc) is 2.56. The molecule has 0 saturated heterocycles. The first-order valence-corrected chi connectivity index (χ1v) is 8.48. The smallest absolute Gasteiger partial charge is 0.264 e. The molecule has 122 valence electrons. The minimum atomic E-state index is -3.79. The van der Waals surface area contributed by atoms with Crippen molar-refractivity contribution < 1.29 is 22.3 Å². The fourth-order valence-corrected chi connectivity index (χ4v) is 3.58. The molecule has 0 atom stereocenters. The van der Waals surface area contributed by atoms with E-state index in [2.05, 4.69) is 0 Å². The van der Waals surface area contributed by atoms with Gasteiger partial charge in [-0.3, -0.25) is 4.31 Å². The van der Waals surface area contributed by atoms with Crippen LogP contribution in [0.15, 0.2) is 41.3 Å². The zero-order chi connectivity index (χ0) is 16.6. The van der Waals surface area contributed by atoms with Gasteiger partial charge in [-0.05, 0) is 42.8 Å². The number of fused-ring (bicyclic) bond motifs is 1. The highest BCUT2D eigenvalue weighted by atomic mass is 32.2. The lowest BCUT2D eigenvalue weighted by atomic mass is 10.2. The van der Waals surface area contributed by atoms with Gasteiger partial charge in [0.05, 0.1) is 10.6 Å². The maximum absolute atomic E-state index is 13.4. The van der Waals surface area contributed by atoms with Crippen LogP contribution in [0.5, 0.6) is 11.5 Å². The van der Waals surface area contributed by atoms with Crippen LogP contribution in [0.2, 0.25) is 0 Å². The Bertz CT molecular complexity index is 851. The molecule has 3 rings (SSSR count). The number of anilines is 1. The highest BCUT2D eigenvalue weighted by Crippen LogP contribution is 2.35. The van der Waals surface area contributed by atoms with Crippen LogP contribution in [0.3, 0.4) is 0 Å². The van der Waals surface area contributed by atoms with Crippen molar-refractivity contribution in [1.29, 1.82) is 0 Å². The molecule has 2 aromatic rings. The van der Waals surface area contributed by atoms with Crippen LogP contribution < -0.4 is 13.8 Å². The summed E-state index contributed by atoms with van der Waals surface area (Å²) in [7, 11) is -2.34. The molecule has 0 unspecified atom stereocenters. The number of benzene rings is 2. The Labute approximate surface area is 134 Å². The number of hydrogen-bond acceptors (Lipinski definition) is 4. The van der Waals surface area contributed by atoms with E-state index in [-0.39, 0.29) is 10.5 Å². The second kappa shape index (κ2) is 5.73. The molecule has 0 fully saturated rings. The number of aryl methyl sites for hydroxylation is 1. The lowest BCUT2D eigenvalue weighted by Gasteiger charge is -2.23. The quantitative estimate of drug-likeness (QED) is 0.864. The highest BCUT2D eigenvalue weighted by Gasteiger charge is 2.23. The van der Waals surface area contributed by atoms with E-state index in [9.17, 15) is 12.8 Å². The van der Waals surface area contributed by atoms with Gasteiger partial charge in [0.15, 0.2) is 11.5 Å². The predicted octanol–water partition coefficient (Wildman–Crippen LogP) is 2.73. The maximum Gasteiger partial charge on any atom is 0.264 e. The van der Waals surface area contributed by atoms with Crippen LogP contribution in [-0.2, 0) is 10.0 Å². The zero-order valence-electron chi connectivity index (χ0n) is 12.7. The molecule has 7 heteroatoms. The molecule has 0 bridgehead atoms. The van der Waals surface area contributed by atoms with Crippen molar-refractivity contribution >= 4 is 15.7 Å². The van der Waals surface area contributed by atoms with E-state index >= 15 is 0 Å².